The Balaban J connectivity index is 1.64. The Labute approximate surface area is 228 Å². The van der Waals surface area contributed by atoms with E-state index in [9.17, 15) is 18.4 Å². The fourth-order valence-electron chi connectivity index (χ4n) is 4.80. The molecular weight excluding hydrogens is 534 g/mol. The van der Waals surface area contributed by atoms with Gasteiger partial charge in [0, 0.05) is 38.5 Å². The molecule has 1 atom stereocenters. The third-order valence-electron chi connectivity index (χ3n) is 6.67. The normalized spacial score (nSPS) is 17.0. The van der Waals surface area contributed by atoms with Crippen molar-refractivity contribution < 1.29 is 22.4 Å². The van der Waals surface area contributed by atoms with E-state index in [1.807, 2.05) is 0 Å². The molecule has 1 aromatic carbocycles. The molecule has 0 unspecified atom stereocenters. The number of ether oxygens (including phenoxy) is 2. The van der Waals surface area contributed by atoms with Gasteiger partial charge in [-0.1, -0.05) is 11.6 Å². The van der Waals surface area contributed by atoms with E-state index in [4.69, 9.17) is 25.2 Å². The molecule has 39 heavy (non-hydrogen) atoms. The topological polar surface area (TPSA) is 95.9 Å². The van der Waals surface area contributed by atoms with Crippen LogP contribution < -0.4 is 20.9 Å². The number of anilines is 1. The van der Waals surface area contributed by atoms with Gasteiger partial charge in [0.1, 0.15) is 34.3 Å². The van der Waals surface area contributed by atoms with Crippen LogP contribution in [-0.4, -0.2) is 56.8 Å². The summed E-state index contributed by atoms with van der Waals surface area (Å²) in [6.07, 6.45) is 2.37. The van der Waals surface area contributed by atoms with Crippen LogP contribution in [0.5, 0.6) is 5.88 Å². The minimum Gasteiger partial charge on any atom is -0.480 e. The molecule has 0 saturated carbocycles. The largest absolute Gasteiger partial charge is 0.480 e. The summed E-state index contributed by atoms with van der Waals surface area (Å²) in [6.45, 7) is 0.562. The fraction of sp³-hybridized carbons (Fsp3) is 0.231. The zero-order chi connectivity index (χ0) is 29.9. The molecule has 4 aromatic heterocycles. The highest BCUT2D eigenvalue weighted by Gasteiger charge is 2.27. The summed E-state index contributed by atoms with van der Waals surface area (Å²) in [5, 5.41) is -0.353. The van der Waals surface area contributed by atoms with E-state index >= 15 is 0 Å². The Morgan fingerprint density at radius 2 is 2.00 bits per heavy atom. The number of halogens is 3. The maximum absolute atomic E-state index is 14.2. The summed E-state index contributed by atoms with van der Waals surface area (Å²) in [5.41, 5.74) is -1.30. The molecule has 200 valence electrons. The first-order chi connectivity index (χ1) is 19.9. The van der Waals surface area contributed by atoms with E-state index < -0.39 is 36.0 Å². The van der Waals surface area contributed by atoms with E-state index in [1.165, 1.54) is 42.1 Å². The van der Waals surface area contributed by atoms with Gasteiger partial charge in [0.15, 0.2) is 0 Å². The Kier molecular flexibility index (Phi) is 5.25. The van der Waals surface area contributed by atoms with Crippen LogP contribution in [0, 0.1) is 11.6 Å². The van der Waals surface area contributed by atoms with Crippen molar-refractivity contribution in [2.75, 3.05) is 32.1 Å². The maximum atomic E-state index is 14.2. The second-order valence-corrected chi connectivity index (χ2v) is 9.31. The van der Waals surface area contributed by atoms with Crippen molar-refractivity contribution in [3.8, 4) is 17.4 Å². The van der Waals surface area contributed by atoms with Gasteiger partial charge in [0.2, 0.25) is 5.88 Å². The molecule has 0 amide bonds. The third kappa shape index (κ3) is 4.03. The minimum atomic E-state index is -2.58. The number of hydrogen-bond donors (Lipinski definition) is 0. The second-order valence-electron chi connectivity index (χ2n) is 8.90. The second kappa shape index (κ2) is 9.47. The molecule has 5 aromatic rings. The first-order valence-electron chi connectivity index (χ1n) is 13.2. The molecule has 1 saturated heterocycles. The van der Waals surface area contributed by atoms with Gasteiger partial charge in [-0.15, -0.1) is 0 Å². The van der Waals surface area contributed by atoms with Gasteiger partial charge >= 0.3 is 5.69 Å². The number of benzene rings is 1. The maximum Gasteiger partial charge on any atom is 0.342 e. The molecule has 0 N–H and O–H groups in total. The SMILES string of the molecule is [2H]C([2H])([2H])O[C@@H]1CCN(c2cc3c(c(OC)n2)c(=O)n(-c2cnc4cc(F)ccn24)c(=O)n3-c2ccc(F)c(Cl)c2)C1. The van der Waals surface area contributed by atoms with Gasteiger partial charge in [0.05, 0.1) is 39.7 Å². The summed E-state index contributed by atoms with van der Waals surface area (Å²) < 4.78 is 64.2. The predicted octanol–water partition coefficient (Wildman–Crippen LogP) is 3.35. The van der Waals surface area contributed by atoms with Crippen LogP contribution in [0.25, 0.3) is 28.1 Å². The molecule has 1 fully saturated rings. The number of pyridine rings is 2. The van der Waals surface area contributed by atoms with E-state index in [2.05, 4.69) is 9.97 Å². The van der Waals surface area contributed by atoms with Crippen molar-refractivity contribution in [2.45, 2.75) is 12.5 Å². The van der Waals surface area contributed by atoms with Crippen LogP contribution >= 0.6 is 11.6 Å². The molecule has 5 heterocycles. The van der Waals surface area contributed by atoms with Crippen molar-refractivity contribution in [2.24, 2.45) is 0 Å². The lowest BCUT2D eigenvalue weighted by molar-refractivity contribution is 0.121. The van der Waals surface area contributed by atoms with Crippen LogP contribution in [0.1, 0.15) is 10.5 Å². The summed E-state index contributed by atoms with van der Waals surface area (Å²) in [6, 6.07) is 7.42. The van der Waals surface area contributed by atoms with Gasteiger partial charge in [-0.05, 0) is 30.7 Å². The lowest BCUT2D eigenvalue weighted by atomic mass is 10.2. The van der Waals surface area contributed by atoms with Crippen molar-refractivity contribution in [3.63, 3.8) is 0 Å². The van der Waals surface area contributed by atoms with Crippen LogP contribution in [0.3, 0.4) is 0 Å². The van der Waals surface area contributed by atoms with E-state index in [0.717, 1.165) is 27.3 Å². The molecular formula is C26H21ClF2N6O4. The average Bonchev–Trinajstić information content (AvgIpc) is 3.56. The first-order valence-corrected chi connectivity index (χ1v) is 12.1. The Morgan fingerprint density at radius 1 is 1.15 bits per heavy atom. The zero-order valence-corrected chi connectivity index (χ0v) is 21.0. The van der Waals surface area contributed by atoms with Crippen LogP contribution in [-0.2, 0) is 4.74 Å². The fourth-order valence-corrected chi connectivity index (χ4v) is 4.98. The molecule has 0 aliphatic carbocycles. The number of fused-ring (bicyclic) bond motifs is 2. The van der Waals surface area contributed by atoms with Crippen molar-refractivity contribution in [1.82, 2.24) is 23.5 Å². The van der Waals surface area contributed by atoms with E-state index in [-0.39, 0.29) is 45.5 Å². The standard InChI is InChI=1S/C26H21ClF2N6O4/c1-38-16-6-7-32(13-16)21-11-19-23(24(31-21)39-2)25(36)35(22-12-30-20-9-14(28)5-8-33(20)22)26(37)34(19)15-3-4-18(29)17(27)10-15/h3-5,8-12,16H,6-7,13H2,1-2H3/t16-/m1/s1/i1D3. The van der Waals surface area contributed by atoms with Crippen molar-refractivity contribution >= 4 is 34.0 Å². The van der Waals surface area contributed by atoms with E-state index in [0.29, 0.717) is 18.8 Å². The van der Waals surface area contributed by atoms with Crippen LogP contribution in [0.2, 0.25) is 5.02 Å². The highest BCUT2D eigenvalue weighted by Crippen LogP contribution is 2.30. The molecule has 6 rings (SSSR count). The molecule has 0 bridgehead atoms. The number of aromatic nitrogens is 5. The van der Waals surface area contributed by atoms with Gasteiger partial charge in [-0.3, -0.25) is 13.8 Å². The lowest BCUT2D eigenvalue weighted by Gasteiger charge is -2.21. The number of methoxy groups -OCH3 is 2. The van der Waals surface area contributed by atoms with Gasteiger partial charge in [0.25, 0.3) is 5.56 Å². The lowest BCUT2D eigenvalue weighted by Crippen LogP contribution is -2.39. The number of imidazole rings is 1. The summed E-state index contributed by atoms with van der Waals surface area (Å²) in [4.78, 5) is 38.6. The molecule has 1 aliphatic rings. The summed E-state index contributed by atoms with van der Waals surface area (Å²) in [7, 11) is -1.27. The number of hydrogen-bond acceptors (Lipinski definition) is 7. The average molecular weight is 558 g/mol. The Morgan fingerprint density at radius 3 is 2.77 bits per heavy atom. The smallest absolute Gasteiger partial charge is 0.342 e. The van der Waals surface area contributed by atoms with Crippen LogP contribution in [0.4, 0.5) is 14.6 Å². The quantitative estimate of drug-likeness (QED) is 0.327. The third-order valence-corrected chi connectivity index (χ3v) is 6.96. The highest BCUT2D eigenvalue weighted by atomic mass is 35.5. The Bertz CT molecular complexity index is 1990. The predicted molar refractivity (Wildman–Crippen MR) is 141 cm³/mol. The number of nitrogens with zero attached hydrogens (tertiary/aromatic N) is 6. The van der Waals surface area contributed by atoms with Gasteiger partial charge in [-0.25, -0.2) is 23.1 Å². The molecule has 1 aliphatic heterocycles. The van der Waals surface area contributed by atoms with E-state index in [1.54, 1.807) is 4.90 Å². The highest BCUT2D eigenvalue weighted by molar-refractivity contribution is 6.30. The molecule has 0 spiro atoms. The minimum absolute atomic E-state index is 0.0131. The zero-order valence-electron chi connectivity index (χ0n) is 23.3. The van der Waals surface area contributed by atoms with Gasteiger partial charge in [-0.2, -0.15) is 4.98 Å². The van der Waals surface area contributed by atoms with Crippen molar-refractivity contribution in [1.29, 1.82) is 0 Å². The van der Waals surface area contributed by atoms with Gasteiger partial charge < -0.3 is 14.4 Å². The Hall–Kier alpha value is -4.29. The first kappa shape index (κ1) is 21.6. The summed E-state index contributed by atoms with van der Waals surface area (Å²) >= 11 is 6.08. The molecule has 10 nitrogen and oxygen atoms in total. The molecule has 13 heteroatoms. The van der Waals surface area contributed by atoms with Crippen molar-refractivity contribution in [3.05, 3.63) is 86.3 Å². The molecule has 0 radical (unpaired) electrons. The summed E-state index contributed by atoms with van der Waals surface area (Å²) in [5.74, 6) is -1.09. The van der Waals surface area contributed by atoms with Crippen LogP contribution in [0.15, 0.2) is 58.4 Å². The number of rotatable bonds is 5. The monoisotopic (exact) mass is 557 g/mol.